The van der Waals surface area contributed by atoms with Gasteiger partial charge in [-0.05, 0) is 17.5 Å². The van der Waals surface area contributed by atoms with E-state index >= 15 is 0 Å². The maximum Gasteiger partial charge on any atom is 0.329 e. The van der Waals surface area contributed by atoms with E-state index in [1.54, 1.807) is 17.4 Å². The first kappa shape index (κ1) is 19.7. The highest BCUT2D eigenvalue weighted by molar-refractivity contribution is 5.85. The van der Waals surface area contributed by atoms with Gasteiger partial charge in [-0.1, -0.05) is 60.7 Å². The molecule has 0 unspecified atom stereocenters. The number of carbonyl (C=O) groups excluding carboxylic acids is 2. The number of amides is 2. The van der Waals surface area contributed by atoms with Gasteiger partial charge in [0.05, 0.1) is 12.4 Å². The standard InChI is InChI=1S/C23H24N4O3/c28-22(30-15-18-9-5-2-6-10-18)21(12-19-13-24-16-25-19)27-14-20(26-23(27)29)11-17-7-3-1-4-8-17/h1-10,13,16,20-21H,11-12,14-15H2,(H,24,25)(H,26,29)/t20-,21-/m0/s1. The van der Waals surface area contributed by atoms with Gasteiger partial charge in [0.15, 0.2) is 0 Å². The van der Waals surface area contributed by atoms with Gasteiger partial charge in [-0.25, -0.2) is 14.6 Å². The number of nitrogens with zero attached hydrogens (tertiary/aromatic N) is 2. The molecule has 1 aliphatic rings. The number of aromatic amines is 1. The average Bonchev–Trinajstić information content (AvgIpc) is 3.41. The number of H-pyrrole nitrogens is 1. The zero-order chi connectivity index (χ0) is 20.8. The molecule has 2 atom stereocenters. The van der Waals surface area contributed by atoms with Crippen molar-refractivity contribution in [3.05, 3.63) is 90.0 Å². The smallest absolute Gasteiger partial charge is 0.329 e. The molecular weight excluding hydrogens is 380 g/mol. The fourth-order valence-electron chi connectivity index (χ4n) is 3.66. The molecule has 4 rings (SSSR count). The van der Waals surface area contributed by atoms with Gasteiger partial charge in [-0.15, -0.1) is 0 Å². The predicted molar refractivity (Wildman–Crippen MR) is 111 cm³/mol. The fraction of sp³-hybridized carbons (Fsp3) is 0.261. The number of imidazole rings is 1. The molecule has 3 aromatic rings. The molecule has 2 N–H and O–H groups in total. The van der Waals surface area contributed by atoms with Crippen molar-refractivity contribution in [2.45, 2.75) is 31.5 Å². The third kappa shape index (κ3) is 4.86. The van der Waals surface area contributed by atoms with Gasteiger partial charge < -0.3 is 19.9 Å². The third-order valence-electron chi connectivity index (χ3n) is 5.17. The Kier molecular flexibility index (Phi) is 6.08. The van der Waals surface area contributed by atoms with Crippen LogP contribution in [-0.2, 0) is 29.0 Å². The normalized spacial score (nSPS) is 16.9. The van der Waals surface area contributed by atoms with Crippen molar-refractivity contribution in [3.63, 3.8) is 0 Å². The molecule has 1 aromatic heterocycles. The Morgan fingerprint density at radius 3 is 2.47 bits per heavy atom. The van der Waals surface area contributed by atoms with Crippen LogP contribution >= 0.6 is 0 Å². The molecule has 2 amide bonds. The Hall–Kier alpha value is -3.61. The Balaban J connectivity index is 1.46. The van der Waals surface area contributed by atoms with Crippen LogP contribution in [0, 0.1) is 0 Å². The highest BCUT2D eigenvalue weighted by Gasteiger charge is 2.38. The van der Waals surface area contributed by atoms with Crippen LogP contribution in [0.2, 0.25) is 0 Å². The summed E-state index contributed by atoms with van der Waals surface area (Å²) in [6.07, 6.45) is 4.24. The second-order valence-corrected chi connectivity index (χ2v) is 7.38. The van der Waals surface area contributed by atoms with Gasteiger partial charge in [0.1, 0.15) is 12.6 Å². The molecule has 0 aliphatic carbocycles. The zero-order valence-corrected chi connectivity index (χ0v) is 16.5. The maximum absolute atomic E-state index is 13.0. The van der Waals surface area contributed by atoms with Crippen molar-refractivity contribution in [3.8, 4) is 0 Å². The number of benzene rings is 2. The van der Waals surface area contributed by atoms with Crippen LogP contribution in [-0.4, -0.2) is 45.5 Å². The highest BCUT2D eigenvalue weighted by atomic mass is 16.5. The largest absolute Gasteiger partial charge is 0.459 e. The van der Waals surface area contributed by atoms with Gasteiger partial charge in [0.2, 0.25) is 0 Å². The predicted octanol–water partition coefficient (Wildman–Crippen LogP) is 2.70. The van der Waals surface area contributed by atoms with E-state index in [9.17, 15) is 9.59 Å². The number of urea groups is 1. The summed E-state index contributed by atoms with van der Waals surface area (Å²) in [6, 6.07) is 18.4. The molecule has 0 radical (unpaired) electrons. The number of nitrogens with one attached hydrogen (secondary N) is 2. The zero-order valence-electron chi connectivity index (χ0n) is 16.5. The van der Waals surface area contributed by atoms with Crippen LogP contribution in [0.1, 0.15) is 16.8 Å². The molecule has 0 bridgehead atoms. The number of hydrogen-bond acceptors (Lipinski definition) is 4. The Morgan fingerprint density at radius 1 is 1.10 bits per heavy atom. The molecule has 2 aromatic carbocycles. The fourth-order valence-corrected chi connectivity index (χ4v) is 3.66. The van der Waals surface area contributed by atoms with Crippen molar-refractivity contribution in [2.24, 2.45) is 0 Å². The summed E-state index contributed by atoms with van der Waals surface area (Å²) in [7, 11) is 0. The summed E-state index contributed by atoms with van der Waals surface area (Å²) in [5.41, 5.74) is 2.82. The molecule has 7 nitrogen and oxygen atoms in total. The van der Waals surface area contributed by atoms with Crippen molar-refractivity contribution in [1.82, 2.24) is 20.2 Å². The van der Waals surface area contributed by atoms with Gasteiger partial charge in [-0.3, -0.25) is 0 Å². The number of aromatic nitrogens is 2. The van der Waals surface area contributed by atoms with E-state index in [1.807, 2.05) is 60.7 Å². The van der Waals surface area contributed by atoms with E-state index in [0.717, 1.165) is 16.8 Å². The van der Waals surface area contributed by atoms with Crippen LogP contribution in [0.4, 0.5) is 4.79 Å². The topological polar surface area (TPSA) is 87.3 Å². The lowest BCUT2D eigenvalue weighted by Crippen LogP contribution is -2.45. The van der Waals surface area contributed by atoms with Gasteiger partial charge in [0.25, 0.3) is 0 Å². The summed E-state index contributed by atoms with van der Waals surface area (Å²) >= 11 is 0. The second kappa shape index (κ2) is 9.26. The van der Waals surface area contributed by atoms with Crippen molar-refractivity contribution in [1.29, 1.82) is 0 Å². The minimum absolute atomic E-state index is 0.0638. The molecule has 1 aliphatic heterocycles. The lowest BCUT2D eigenvalue weighted by molar-refractivity contribution is -0.150. The molecule has 0 saturated carbocycles. The first-order chi connectivity index (χ1) is 14.7. The van der Waals surface area contributed by atoms with Gasteiger partial charge in [-0.2, -0.15) is 0 Å². The van der Waals surface area contributed by atoms with E-state index in [1.165, 1.54) is 0 Å². The van der Waals surface area contributed by atoms with Crippen molar-refractivity contribution in [2.75, 3.05) is 6.54 Å². The van der Waals surface area contributed by atoms with Crippen molar-refractivity contribution < 1.29 is 14.3 Å². The van der Waals surface area contributed by atoms with E-state index in [-0.39, 0.29) is 18.7 Å². The number of hydrogen-bond donors (Lipinski definition) is 2. The molecule has 2 heterocycles. The Morgan fingerprint density at radius 2 is 1.80 bits per heavy atom. The summed E-state index contributed by atoms with van der Waals surface area (Å²) < 4.78 is 5.56. The molecule has 1 fully saturated rings. The van der Waals surface area contributed by atoms with Crippen LogP contribution < -0.4 is 5.32 Å². The van der Waals surface area contributed by atoms with E-state index in [0.29, 0.717) is 19.4 Å². The van der Waals surface area contributed by atoms with E-state index < -0.39 is 12.0 Å². The lowest BCUT2D eigenvalue weighted by atomic mass is 10.1. The minimum atomic E-state index is -0.727. The molecular formula is C23H24N4O3. The van der Waals surface area contributed by atoms with Crippen LogP contribution in [0.3, 0.4) is 0 Å². The van der Waals surface area contributed by atoms with Crippen LogP contribution in [0.25, 0.3) is 0 Å². The summed E-state index contributed by atoms with van der Waals surface area (Å²) in [5, 5.41) is 2.99. The number of ether oxygens (including phenoxy) is 1. The second-order valence-electron chi connectivity index (χ2n) is 7.38. The first-order valence-corrected chi connectivity index (χ1v) is 9.98. The number of rotatable bonds is 8. The summed E-state index contributed by atoms with van der Waals surface area (Å²) in [4.78, 5) is 34.3. The first-order valence-electron chi connectivity index (χ1n) is 9.98. The quantitative estimate of drug-likeness (QED) is 0.565. The summed E-state index contributed by atoms with van der Waals surface area (Å²) in [5.74, 6) is -0.427. The molecule has 7 heteroatoms. The summed E-state index contributed by atoms with van der Waals surface area (Å²) in [6.45, 7) is 0.606. The Labute approximate surface area is 175 Å². The number of carbonyl (C=O) groups is 2. The minimum Gasteiger partial charge on any atom is -0.459 e. The van der Waals surface area contributed by atoms with Gasteiger partial charge >= 0.3 is 12.0 Å². The van der Waals surface area contributed by atoms with E-state index in [4.69, 9.17) is 4.74 Å². The molecule has 1 saturated heterocycles. The monoisotopic (exact) mass is 404 g/mol. The van der Waals surface area contributed by atoms with Crippen molar-refractivity contribution >= 4 is 12.0 Å². The Bertz CT molecular complexity index is 961. The lowest BCUT2D eigenvalue weighted by Gasteiger charge is -2.25. The number of esters is 1. The SMILES string of the molecule is O=C(OCc1ccccc1)[C@H](Cc1cnc[nH]1)N1C[C@H](Cc2ccccc2)NC1=O. The van der Waals surface area contributed by atoms with Crippen LogP contribution in [0.15, 0.2) is 73.2 Å². The van der Waals surface area contributed by atoms with Crippen LogP contribution in [0.5, 0.6) is 0 Å². The third-order valence-corrected chi connectivity index (χ3v) is 5.17. The molecule has 154 valence electrons. The van der Waals surface area contributed by atoms with Gasteiger partial charge in [0, 0.05) is 24.9 Å². The highest BCUT2D eigenvalue weighted by Crippen LogP contribution is 2.18. The maximum atomic E-state index is 13.0. The van der Waals surface area contributed by atoms with E-state index in [2.05, 4.69) is 15.3 Å². The molecule has 30 heavy (non-hydrogen) atoms. The average molecular weight is 404 g/mol. The molecule has 0 spiro atoms.